The predicted octanol–water partition coefficient (Wildman–Crippen LogP) is 3.12. The highest BCUT2D eigenvalue weighted by molar-refractivity contribution is 5.99. The topological polar surface area (TPSA) is 105 Å². The fourth-order valence-electron chi connectivity index (χ4n) is 3.35. The number of aliphatic hydroxyl groups is 1. The van der Waals surface area contributed by atoms with Gasteiger partial charge in [0.15, 0.2) is 0 Å². The molecule has 8 heteroatoms. The molecule has 3 aromatic heterocycles. The van der Waals surface area contributed by atoms with Crippen LogP contribution < -0.4 is 10.6 Å². The molecule has 8 nitrogen and oxygen atoms in total. The van der Waals surface area contributed by atoms with Gasteiger partial charge >= 0.3 is 0 Å². The van der Waals surface area contributed by atoms with Gasteiger partial charge in [-0.05, 0) is 49.2 Å². The van der Waals surface area contributed by atoms with Gasteiger partial charge in [-0.25, -0.2) is 9.97 Å². The zero-order valence-electron chi connectivity index (χ0n) is 17.0. The van der Waals surface area contributed by atoms with E-state index in [0.29, 0.717) is 37.3 Å². The first kappa shape index (κ1) is 20.5. The number of benzene rings is 1. The molecule has 31 heavy (non-hydrogen) atoms. The van der Waals surface area contributed by atoms with E-state index >= 15 is 0 Å². The van der Waals surface area contributed by atoms with Crippen molar-refractivity contribution in [3.05, 3.63) is 78.6 Å². The monoisotopic (exact) mass is 416 g/mol. The van der Waals surface area contributed by atoms with Gasteiger partial charge in [0.25, 0.3) is 5.91 Å². The molecule has 158 valence electrons. The molecule has 3 N–H and O–H groups in total. The SMILES string of the molecule is O=C(NCCCCO)c1cncnc1Nc1ccc2c(ccn2Cc2ccccn2)c1. The van der Waals surface area contributed by atoms with Gasteiger partial charge in [0.2, 0.25) is 0 Å². The van der Waals surface area contributed by atoms with Crippen molar-refractivity contribution in [2.75, 3.05) is 18.5 Å². The molecule has 0 radical (unpaired) electrons. The highest BCUT2D eigenvalue weighted by Gasteiger charge is 2.13. The lowest BCUT2D eigenvalue weighted by atomic mass is 10.2. The molecule has 0 aliphatic heterocycles. The zero-order chi connectivity index (χ0) is 21.5. The van der Waals surface area contributed by atoms with E-state index in [2.05, 4.69) is 36.2 Å². The maximum atomic E-state index is 12.5. The average molecular weight is 416 g/mol. The number of nitrogens with zero attached hydrogens (tertiary/aromatic N) is 4. The Kier molecular flexibility index (Phi) is 6.49. The number of rotatable bonds is 9. The molecule has 0 bridgehead atoms. The molecule has 4 aromatic rings. The van der Waals surface area contributed by atoms with Crippen molar-refractivity contribution in [3.8, 4) is 0 Å². The summed E-state index contributed by atoms with van der Waals surface area (Å²) in [5.74, 6) is 0.200. The average Bonchev–Trinajstić information content (AvgIpc) is 3.19. The van der Waals surface area contributed by atoms with Crippen LogP contribution in [-0.4, -0.2) is 43.7 Å². The van der Waals surface area contributed by atoms with Gasteiger partial charge in [0.05, 0.1) is 12.2 Å². The third-order valence-corrected chi connectivity index (χ3v) is 4.92. The minimum absolute atomic E-state index is 0.114. The molecule has 0 atom stereocenters. The van der Waals surface area contributed by atoms with Gasteiger partial charge in [-0.3, -0.25) is 9.78 Å². The van der Waals surface area contributed by atoms with Gasteiger partial charge in [0, 0.05) is 48.3 Å². The van der Waals surface area contributed by atoms with Gasteiger partial charge < -0.3 is 20.3 Å². The Balaban J connectivity index is 1.50. The largest absolute Gasteiger partial charge is 0.396 e. The standard InChI is InChI=1S/C23H24N6O2/c30-12-4-3-10-26-23(31)20-14-24-16-27-22(20)28-18-6-7-21-17(13-18)8-11-29(21)15-19-5-1-2-9-25-19/h1-2,5-9,11,13-14,16,30H,3-4,10,12,15H2,(H,26,31)(H,24,27,28). The summed E-state index contributed by atoms with van der Waals surface area (Å²) in [6, 6.07) is 14.0. The molecule has 0 saturated carbocycles. The van der Waals surface area contributed by atoms with Crippen LogP contribution in [0.25, 0.3) is 10.9 Å². The third-order valence-electron chi connectivity index (χ3n) is 4.92. The Hall–Kier alpha value is -3.78. The molecular formula is C23H24N6O2. The first-order valence-corrected chi connectivity index (χ1v) is 10.2. The number of anilines is 2. The summed E-state index contributed by atoms with van der Waals surface area (Å²) in [6.45, 7) is 1.30. The van der Waals surface area contributed by atoms with Crippen LogP contribution in [0.5, 0.6) is 0 Å². The summed E-state index contributed by atoms with van der Waals surface area (Å²) in [7, 11) is 0. The maximum Gasteiger partial charge on any atom is 0.256 e. The molecule has 0 aliphatic carbocycles. The van der Waals surface area contributed by atoms with Crippen molar-refractivity contribution in [2.45, 2.75) is 19.4 Å². The molecule has 3 heterocycles. The molecule has 1 aromatic carbocycles. The summed E-state index contributed by atoms with van der Waals surface area (Å²) < 4.78 is 2.15. The lowest BCUT2D eigenvalue weighted by molar-refractivity contribution is 0.0952. The third kappa shape index (κ3) is 5.04. The number of unbranched alkanes of at least 4 members (excludes halogenated alkanes) is 1. The number of aromatic nitrogens is 4. The van der Waals surface area contributed by atoms with E-state index in [4.69, 9.17) is 5.11 Å². The van der Waals surface area contributed by atoms with Crippen LogP contribution in [0.15, 0.2) is 67.4 Å². The molecule has 1 amide bonds. The number of carbonyl (C=O) groups excluding carboxylic acids is 1. The maximum absolute atomic E-state index is 12.5. The van der Waals surface area contributed by atoms with E-state index in [-0.39, 0.29) is 12.5 Å². The highest BCUT2D eigenvalue weighted by Crippen LogP contribution is 2.24. The fraction of sp³-hybridized carbons (Fsp3) is 0.217. The molecule has 0 aliphatic rings. The summed E-state index contributed by atoms with van der Waals surface area (Å²) in [5, 5.41) is 16.0. The zero-order valence-corrected chi connectivity index (χ0v) is 17.0. The number of pyridine rings is 1. The highest BCUT2D eigenvalue weighted by atomic mass is 16.3. The van der Waals surface area contributed by atoms with E-state index in [1.54, 1.807) is 6.20 Å². The molecule has 0 saturated heterocycles. The smallest absolute Gasteiger partial charge is 0.256 e. The number of hydrogen-bond acceptors (Lipinski definition) is 6. The second kappa shape index (κ2) is 9.82. The molecule has 0 fully saturated rings. The van der Waals surface area contributed by atoms with Crippen molar-refractivity contribution < 1.29 is 9.90 Å². The number of nitrogens with one attached hydrogen (secondary N) is 2. The van der Waals surface area contributed by atoms with Gasteiger partial charge in [-0.1, -0.05) is 6.07 Å². The van der Waals surface area contributed by atoms with Crippen LogP contribution in [0.2, 0.25) is 0 Å². The van der Waals surface area contributed by atoms with Crippen molar-refractivity contribution in [1.29, 1.82) is 0 Å². The van der Waals surface area contributed by atoms with E-state index in [0.717, 1.165) is 22.3 Å². The summed E-state index contributed by atoms with van der Waals surface area (Å²) in [6.07, 6.45) is 8.11. The lowest BCUT2D eigenvalue weighted by Gasteiger charge is -2.11. The van der Waals surface area contributed by atoms with Gasteiger partial charge in [-0.15, -0.1) is 0 Å². The molecule has 0 unspecified atom stereocenters. The first-order chi connectivity index (χ1) is 15.2. The Labute approximate surface area is 180 Å². The predicted molar refractivity (Wildman–Crippen MR) is 119 cm³/mol. The quantitative estimate of drug-likeness (QED) is 0.362. The molecular weight excluding hydrogens is 392 g/mol. The van der Waals surface area contributed by atoms with Gasteiger partial charge in [0.1, 0.15) is 17.7 Å². The van der Waals surface area contributed by atoms with E-state index in [9.17, 15) is 4.79 Å². The normalized spacial score (nSPS) is 10.9. The minimum atomic E-state index is -0.247. The number of hydrogen-bond donors (Lipinski definition) is 3. The van der Waals surface area contributed by atoms with E-state index in [1.165, 1.54) is 12.5 Å². The first-order valence-electron chi connectivity index (χ1n) is 10.2. The second-order valence-electron chi connectivity index (χ2n) is 7.13. The Bertz CT molecular complexity index is 1160. The summed E-state index contributed by atoms with van der Waals surface area (Å²) >= 11 is 0. The minimum Gasteiger partial charge on any atom is -0.396 e. The Morgan fingerprint density at radius 3 is 2.87 bits per heavy atom. The van der Waals surface area contributed by atoms with Crippen LogP contribution >= 0.6 is 0 Å². The van der Waals surface area contributed by atoms with Crippen molar-refractivity contribution >= 4 is 28.3 Å². The Morgan fingerprint density at radius 1 is 1.10 bits per heavy atom. The van der Waals surface area contributed by atoms with E-state index in [1.807, 2.05) is 42.6 Å². The Morgan fingerprint density at radius 2 is 2.03 bits per heavy atom. The molecule has 0 spiro atoms. The van der Waals surface area contributed by atoms with Gasteiger partial charge in [-0.2, -0.15) is 0 Å². The van der Waals surface area contributed by atoms with Crippen LogP contribution in [-0.2, 0) is 6.54 Å². The van der Waals surface area contributed by atoms with Crippen molar-refractivity contribution in [3.63, 3.8) is 0 Å². The van der Waals surface area contributed by atoms with Crippen LogP contribution in [0.1, 0.15) is 28.9 Å². The van der Waals surface area contributed by atoms with Crippen molar-refractivity contribution in [1.82, 2.24) is 24.8 Å². The number of aliphatic hydroxyl groups excluding tert-OH is 1. The van der Waals surface area contributed by atoms with Crippen molar-refractivity contribution in [2.24, 2.45) is 0 Å². The van der Waals surface area contributed by atoms with Crippen LogP contribution in [0, 0.1) is 0 Å². The number of fused-ring (bicyclic) bond motifs is 1. The summed E-state index contributed by atoms with van der Waals surface area (Å²) in [5.41, 5.74) is 3.30. The summed E-state index contributed by atoms with van der Waals surface area (Å²) in [4.78, 5) is 25.1. The second-order valence-corrected chi connectivity index (χ2v) is 7.13. The van der Waals surface area contributed by atoms with Crippen LogP contribution in [0.4, 0.5) is 11.5 Å². The molecule has 4 rings (SSSR count). The van der Waals surface area contributed by atoms with E-state index < -0.39 is 0 Å². The number of carbonyl (C=O) groups is 1. The lowest BCUT2D eigenvalue weighted by Crippen LogP contribution is -2.25. The number of amides is 1. The fourth-order valence-corrected chi connectivity index (χ4v) is 3.35. The van der Waals surface area contributed by atoms with Crippen LogP contribution in [0.3, 0.4) is 0 Å².